The van der Waals surface area contributed by atoms with E-state index < -0.39 is 6.10 Å². The van der Waals surface area contributed by atoms with Crippen molar-refractivity contribution in [2.24, 2.45) is 7.05 Å². The van der Waals surface area contributed by atoms with Gasteiger partial charge in [-0.1, -0.05) is 19.1 Å². The number of aryl methyl sites for hydroxylation is 1. The minimum Gasteiger partial charge on any atom is -0.493 e. The minimum atomic E-state index is -0.808. The summed E-state index contributed by atoms with van der Waals surface area (Å²) in [6, 6.07) is 5.46. The van der Waals surface area contributed by atoms with Gasteiger partial charge in [0, 0.05) is 19.0 Å². The number of ether oxygens (including phenoxy) is 2. The molecule has 0 fully saturated rings. The van der Waals surface area contributed by atoms with Crippen LogP contribution < -0.4 is 9.47 Å². The van der Waals surface area contributed by atoms with Crippen molar-refractivity contribution in [3.8, 4) is 11.5 Å². The van der Waals surface area contributed by atoms with E-state index in [1.165, 1.54) is 0 Å². The van der Waals surface area contributed by atoms with Crippen molar-refractivity contribution in [2.45, 2.75) is 19.4 Å². The molecule has 0 spiro atoms. The van der Waals surface area contributed by atoms with Crippen molar-refractivity contribution in [3.05, 3.63) is 41.5 Å². The summed E-state index contributed by atoms with van der Waals surface area (Å²) >= 11 is 0. The fourth-order valence-corrected chi connectivity index (χ4v) is 2.33. The lowest BCUT2D eigenvalue weighted by Crippen LogP contribution is -2.09. The Morgan fingerprint density at radius 1 is 1.30 bits per heavy atom. The van der Waals surface area contributed by atoms with Crippen LogP contribution >= 0.6 is 0 Å². The third kappa shape index (κ3) is 2.36. The van der Waals surface area contributed by atoms with Crippen molar-refractivity contribution in [2.75, 3.05) is 14.2 Å². The lowest BCUT2D eigenvalue weighted by Gasteiger charge is -2.17. The van der Waals surface area contributed by atoms with Gasteiger partial charge in [-0.25, -0.2) is 4.98 Å². The summed E-state index contributed by atoms with van der Waals surface area (Å²) in [5.74, 6) is 2.07. The first-order valence-electron chi connectivity index (χ1n) is 6.53. The normalized spacial score (nSPS) is 12.2. The number of para-hydroxylation sites is 1. The predicted molar refractivity (Wildman–Crippen MR) is 76.2 cm³/mol. The summed E-state index contributed by atoms with van der Waals surface area (Å²) in [4.78, 5) is 4.31. The van der Waals surface area contributed by atoms with Crippen LogP contribution in [0.2, 0.25) is 0 Å². The second kappa shape index (κ2) is 5.96. The van der Waals surface area contributed by atoms with Gasteiger partial charge in [-0.05, 0) is 6.07 Å². The maximum Gasteiger partial charge on any atom is 0.166 e. The average molecular weight is 276 g/mol. The smallest absolute Gasteiger partial charge is 0.166 e. The summed E-state index contributed by atoms with van der Waals surface area (Å²) in [7, 11) is 5.04. The highest BCUT2D eigenvalue weighted by Crippen LogP contribution is 2.37. The van der Waals surface area contributed by atoms with Crippen molar-refractivity contribution < 1.29 is 14.6 Å². The van der Waals surface area contributed by atoms with Crippen LogP contribution in [-0.2, 0) is 13.5 Å². The first-order chi connectivity index (χ1) is 9.63. The zero-order chi connectivity index (χ0) is 14.7. The molecule has 2 aromatic rings. The van der Waals surface area contributed by atoms with Gasteiger partial charge in [0.1, 0.15) is 11.9 Å². The Morgan fingerprint density at radius 3 is 2.60 bits per heavy atom. The number of hydrogen-bond acceptors (Lipinski definition) is 4. The molecule has 0 saturated carbocycles. The van der Waals surface area contributed by atoms with Crippen LogP contribution in [0.3, 0.4) is 0 Å². The van der Waals surface area contributed by atoms with E-state index in [1.807, 2.05) is 30.7 Å². The van der Waals surface area contributed by atoms with Crippen LogP contribution in [0, 0.1) is 0 Å². The van der Waals surface area contributed by atoms with Crippen LogP contribution in [-0.4, -0.2) is 28.9 Å². The molecular formula is C15H20N2O3. The van der Waals surface area contributed by atoms with Gasteiger partial charge in [-0.15, -0.1) is 0 Å². The highest BCUT2D eigenvalue weighted by atomic mass is 16.5. The summed E-state index contributed by atoms with van der Waals surface area (Å²) in [6.07, 6.45) is 1.71. The zero-order valence-electron chi connectivity index (χ0n) is 12.3. The van der Waals surface area contributed by atoms with E-state index >= 15 is 0 Å². The Hall–Kier alpha value is -2.01. The molecule has 0 aliphatic rings. The van der Waals surface area contributed by atoms with Crippen LogP contribution in [0.4, 0.5) is 0 Å². The van der Waals surface area contributed by atoms with Gasteiger partial charge >= 0.3 is 0 Å². The van der Waals surface area contributed by atoms with E-state index in [0.717, 1.165) is 17.9 Å². The summed E-state index contributed by atoms with van der Waals surface area (Å²) in [5.41, 5.74) is 1.39. The number of aliphatic hydroxyl groups is 1. The number of benzene rings is 1. The quantitative estimate of drug-likeness (QED) is 0.908. The summed E-state index contributed by atoms with van der Waals surface area (Å²) in [5, 5.41) is 10.6. The molecule has 108 valence electrons. The molecule has 20 heavy (non-hydrogen) atoms. The van der Waals surface area contributed by atoms with Crippen LogP contribution in [0.15, 0.2) is 24.4 Å². The number of imidazole rings is 1. The number of nitrogens with zero attached hydrogens (tertiary/aromatic N) is 2. The Balaban J connectivity index is 2.47. The van der Waals surface area contributed by atoms with Crippen LogP contribution in [0.25, 0.3) is 0 Å². The Bertz CT molecular complexity index is 593. The van der Waals surface area contributed by atoms with Gasteiger partial charge in [0.15, 0.2) is 11.5 Å². The molecule has 0 saturated heterocycles. The fourth-order valence-electron chi connectivity index (χ4n) is 2.33. The lowest BCUT2D eigenvalue weighted by atomic mass is 10.1. The molecule has 1 aromatic heterocycles. The van der Waals surface area contributed by atoms with Crippen molar-refractivity contribution in [1.82, 2.24) is 9.55 Å². The number of aliphatic hydroxyl groups excluding tert-OH is 1. The molecule has 0 aliphatic heterocycles. The lowest BCUT2D eigenvalue weighted by molar-refractivity contribution is 0.204. The molecule has 1 atom stereocenters. The van der Waals surface area contributed by atoms with Crippen LogP contribution in [0.5, 0.6) is 11.5 Å². The van der Waals surface area contributed by atoms with Crippen LogP contribution in [0.1, 0.15) is 30.1 Å². The second-order valence-corrected chi connectivity index (χ2v) is 4.50. The monoisotopic (exact) mass is 276 g/mol. The molecule has 1 aromatic carbocycles. The van der Waals surface area contributed by atoms with E-state index in [0.29, 0.717) is 17.1 Å². The number of rotatable bonds is 5. The van der Waals surface area contributed by atoms with Crippen molar-refractivity contribution >= 4 is 0 Å². The van der Waals surface area contributed by atoms with E-state index in [4.69, 9.17) is 9.47 Å². The van der Waals surface area contributed by atoms with Gasteiger partial charge in [-0.2, -0.15) is 0 Å². The average Bonchev–Trinajstić information content (AvgIpc) is 2.86. The predicted octanol–water partition coefficient (Wildman–Crippen LogP) is 2.08. The first-order valence-corrected chi connectivity index (χ1v) is 6.53. The highest BCUT2D eigenvalue weighted by molar-refractivity contribution is 5.49. The highest BCUT2D eigenvalue weighted by Gasteiger charge is 2.21. The van der Waals surface area contributed by atoms with E-state index in [9.17, 15) is 5.11 Å². The molecule has 2 rings (SSSR count). The standard InChI is InChI=1S/C15H20N2O3/c1-5-13-16-9-11(17(13)2)14(18)10-7-6-8-12(19-3)15(10)20-4/h6-9,14,18H,5H2,1-4H3/t14-/m0/s1. The van der Waals surface area contributed by atoms with Gasteiger partial charge in [-0.3, -0.25) is 0 Å². The van der Waals surface area contributed by atoms with Crippen molar-refractivity contribution in [3.63, 3.8) is 0 Å². The van der Waals surface area contributed by atoms with Crippen molar-refractivity contribution in [1.29, 1.82) is 0 Å². The van der Waals surface area contributed by atoms with Gasteiger partial charge in [0.25, 0.3) is 0 Å². The minimum absolute atomic E-state index is 0.543. The molecule has 0 unspecified atom stereocenters. The second-order valence-electron chi connectivity index (χ2n) is 4.50. The molecule has 1 N–H and O–H groups in total. The topological polar surface area (TPSA) is 56.5 Å². The molecule has 0 aliphatic carbocycles. The Labute approximate surface area is 118 Å². The molecule has 0 bridgehead atoms. The summed E-state index contributed by atoms with van der Waals surface area (Å²) in [6.45, 7) is 2.03. The Kier molecular flexibility index (Phi) is 4.29. The number of hydrogen-bond donors (Lipinski definition) is 1. The Morgan fingerprint density at radius 2 is 2.05 bits per heavy atom. The third-order valence-corrected chi connectivity index (χ3v) is 3.44. The third-order valence-electron chi connectivity index (χ3n) is 3.44. The van der Waals surface area contributed by atoms with Gasteiger partial charge < -0.3 is 19.1 Å². The van der Waals surface area contributed by atoms with Gasteiger partial charge in [0.05, 0.1) is 26.1 Å². The molecule has 5 nitrogen and oxygen atoms in total. The van der Waals surface area contributed by atoms with Gasteiger partial charge in [0.2, 0.25) is 0 Å². The molecule has 5 heteroatoms. The van der Waals surface area contributed by atoms with E-state index in [2.05, 4.69) is 4.98 Å². The number of methoxy groups -OCH3 is 2. The fraction of sp³-hybridized carbons (Fsp3) is 0.400. The maximum absolute atomic E-state index is 10.6. The maximum atomic E-state index is 10.6. The molecule has 0 radical (unpaired) electrons. The molecule has 0 amide bonds. The zero-order valence-corrected chi connectivity index (χ0v) is 12.3. The first kappa shape index (κ1) is 14.4. The molecular weight excluding hydrogens is 256 g/mol. The van der Waals surface area contributed by atoms with E-state index in [1.54, 1.807) is 26.5 Å². The SMILES string of the molecule is CCc1ncc([C@@H](O)c2cccc(OC)c2OC)n1C. The van der Waals surface area contributed by atoms with E-state index in [-0.39, 0.29) is 0 Å². The largest absolute Gasteiger partial charge is 0.493 e. The summed E-state index contributed by atoms with van der Waals surface area (Å²) < 4.78 is 12.5. The number of aromatic nitrogens is 2. The molecule has 1 heterocycles.